The molecule has 188 valence electrons. The highest BCUT2D eigenvalue weighted by Crippen LogP contribution is 2.32. The summed E-state index contributed by atoms with van der Waals surface area (Å²) in [5.74, 6) is 1.47. The molecule has 0 spiro atoms. The molecule has 3 amide bonds. The van der Waals surface area contributed by atoms with Gasteiger partial charge >= 0.3 is 6.03 Å². The standard InChI is InChI=1S/C25H35N7O3/c1-4-20(26)24(33)31-11-10-19-21(14-31)29-22(30-23(19)32-12-13-35-15-16(32)3)17-6-8-18(9-7-17)28-25(34)27-5-2/h6-9,16,20H,4-5,10-15,26H2,1-3H3,(H2,27,28,34). The quantitative estimate of drug-likeness (QED) is 0.577. The maximum absolute atomic E-state index is 12.8. The topological polar surface area (TPSA) is 126 Å². The lowest BCUT2D eigenvalue weighted by Crippen LogP contribution is -2.47. The number of amides is 3. The normalized spacial score (nSPS) is 18.6. The Labute approximate surface area is 206 Å². The monoisotopic (exact) mass is 481 g/mol. The molecule has 4 N–H and O–H groups in total. The van der Waals surface area contributed by atoms with Crippen molar-refractivity contribution in [2.45, 2.75) is 52.2 Å². The predicted octanol–water partition coefficient (Wildman–Crippen LogP) is 2.13. The smallest absolute Gasteiger partial charge is 0.319 e. The van der Waals surface area contributed by atoms with Crippen molar-refractivity contribution >= 4 is 23.4 Å². The molecule has 10 nitrogen and oxygen atoms in total. The van der Waals surface area contributed by atoms with Crippen LogP contribution >= 0.6 is 0 Å². The minimum absolute atomic E-state index is 0.0413. The number of benzene rings is 1. The van der Waals surface area contributed by atoms with Crippen molar-refractivity contribution in [2.24, 2.45) is 5.73 Å². The molecule has 2 aromatic rings. The first-order chi connectivity index (χ1) is 16.9. The van der Waals surface area contributed by atoms with E-state index in [9.17, 15) is 9.59 Å². The van der Waals surface area contributed by atoms with E-state index < -0.39 is 6.04 Å². The van der Waals surface area contributed by atoms with E-state index in [1.54, 1.807) is 4.90 Å². The molecule has 2 unspecified atom stereocenters. The van der Waals surface area contributed by atoms with E-state index in [2.05, 4.69) is 22.5 Å². The number of anilines is 2. The number of nitrogens with two attached hydrogens (primary N) is 1. The van der Waals surface area contributed by atoms with Gasteiger partial charge in [-0.05, 0) is 51.0 Å². The fourth-order valence-electron chi connectivity index (χ4n) is 4.45. The van der Waals surface area contributed by atoms with Gasteiger partial charge in [0.1, 0.15) is 5.82 Å². The summed E-state index contributed by atoms with van der Waals surface area (Å²) in [4.78, 5) is 38.6. The van der Waals surface area contributed by atoms with Crippen LogP contribution in [-0.4, -0.2) is 71.7 Å². The van der Waals surface area contributed by atoms with Gasteiger partial charge in [0, 0.05) is 36.4 Å². The minimum Gasteiger partial charge on any atom is -0.377 e. The first-order valence-corrected chi connectivity index (χ1v) is 12.3. The van der Waals surface area contributed by atoms with Crippen molar-refractivity contribution in [2.75, 3.05) is 43.1 Å². The number of morpholine rings is 1. The number of nitrogens with zero attached hydrogens (tertiary/aromatic N) is 4. The molecule has 10 heteroatoms. The van der Waals surface area contributed by atoms with Crippen LogP contribution in [0, 0.1) is 0 Å². The molecule has 35 heavy (non-hydrogen) atoms. The van der Waals surface area contributed by atoms with Crippen LogP contribution in [0.1, 0.15) is 38.4 Å². The largest absolute Gasteiger partial charge is 0.377 e. The Morgan fingerprint density at radius 1 is 1.20 bits per heavy atom. The van der Waals surface area contributed by atoms with E-state index in [0.29, 0.717) is 57.2 Å². The second-order valence-electron chi connectivity index (χ2n) is 9.00. The number of nitrogens with one attached hydrogen (secondary N) is 2. The van der Waals surface area contributed by atoms with Gasteiger partial charge in [0.2, 0.25) is 5.91 Å². The van der Waals surface area contributed by atoms with E-state index >= 15 is 0 Å². The average molecular weight is 482 g/mol. The van der Waals surface area contributed by atoms with Gasteiger partial charge in [-0.15, -0.1) is 0 Å². The second kappa shape index (κ2) is 11.0. The number of ether oxygens (including phenoxy) is 1. The molecule has 0 bridgehead atoms. The summed E-state index contributed by atoms with van der Waals surface area (Å²) < 4.78 is 5.65. The number of hydrogen-bond donors (Lipinski definition) is 3. The van der Waals surface area contributed by atoms with Crippen LogP contribution in [0.2, 0.25) is 0 Å². The van der Waals surface area contributed by atoms with E-state index in [4.69, 9.17) is 20.4 Å². The lowest BCUT2D eigenvalue weighted by molar-refractivity contribution is -0.133. The summed E-state index contributed by atoms with van der Waals surface area (Å²) in [6.07, 6.45) is 1.29. The number of urea groups is 1. The number of carbonyl (C=O) groups excluding carboxylic acids is 2. The molecule has 4 rings (SSSR count). The summed E-state index contributed by atoms with van der Waals surface area (Å²) >= 11 is 0. The van der Waals surface area contributed by atoms with E-state index in [1.165, 1.54) is 0 Å². The molecule has 1 saturated heterocycles. The zero-order valence-electron chi connectivity index (χ0n) is 20.7. The molecule has 0 radical (unpaired) electrons. The molecule has 2 aliphatic heterocycles. The van der Waals surface area contributed by atoms with Gasteiger partial charge in [0.05, 0.1) is 37.5 Å². The van der Waals surface area contributed by atoms with E-state index in [-0.39, 0.29) is 18.0 Å². The molecule has 3 heterocycles. The highest BCUT2D eigenvalue weighted by atomic mass is 16.5. The predicted molar refractivity (Wildman–Crippen MR) is 135 cm³/mol. The Morgan fingerprint density at radius 2 is 1.97 bits per heavy atom. The summed E-state index contributed by atoms with van der Waals surface area (Å²) in [6, 6.07) is 6.90. The Hall–Kier alpha value is -3.24. The molecule has 0 saturated carbocycles. The fraction of sp³-hybridized carbons (Fsp3) is 0.520. The van der Waals surface area contributed by atoms with E-state index in [0.717, 1.165) is 29.2 Å². The number of fused-ring (bicyclic) bond motifs is 1. The van der Waals surface area contributed by atoms with Gasteiger partial charge in [0.25, 0.3) is 0 Å². The Bertz CT molecular complexity index is 1060. The fourth-order valence-corrected chi connectivity index (χ4v) is 4.45. The van der Waals surface area contributed by atoms with Crippen molar-refractivity contribution in [3.05, 3.63) is 35.5 Å². The summed E-state index contributed by atoms with van der Waals surface area (Å²) in [7, 11) is 0. The summed E-state index contributed by atoms with van der Waals surface area (Å²) in [6.45, 7) is 9.54. The lowest BCUT2D eigenvalue weighted by Gasteiger charge is -2.38. The SMILES string of the molecule is CCNC(=O)Nc1ccc(-c2nc3c(c(N4CCOCC4C)n2)CCN(C(=O)C(N)CC)C3)cc1. The minimum atomic E-state index is -0.499. The van der Waals surface area contributed by atoms with E-state index in [1.807, 2.05) is 38.1 Å². The number of aromatic nitrogens is 2. The molecule has 0 aliphatic carbocycles. The van der Waals surface area contributed by atoms with Gasteiger partial charge in [-0.3, -0.25) is 4.79 Å². The van der Waals surface area contributed by atoms with Gasteiger partial charge in [-0.2, -0.15) is 0 Å². The van der Waals surface area contributed by atoms with Crippen molar-refractivity contribution in [1.82, 2.24) is 20.2 Å². The van der Waals surface area contributed by atoms with Crippen molar-refractivity contribution < 1.29 is 14.3 Å². The first kappa shape index (κ1) is 24.9. The van der Waals surface area contributed by atoms with Crippen LogP contribution in [0.4, 0.5) is 16.3 Å². The van der Waals surface area contributed by atoms with Crippen LogP contribution in [0.25, 0.3) is 11.4 Å². The first-order valence-electron chi connectivity index (χ1n) is 12.3. The van der Waals surface area contributed by atoms with Gasteiger partial charge in [-0.25, -0.2) is 14.8 Å². The Balaban J connectivity index is 1.68. The van der Waals surface area contributed by atoms with Crippen LogP contribution < -0.4 is 21.3 Å². The van der Waals surface area contributed by atoms with Gasteiger partial charge < -0.3 is 30.9 Å². The third kappa shape index (κ3) is 5.54. The number of rotatable bonds is 6. The zero-order chi connectivity index (χ0) is 24.9. The van der Waals surface area contributed by atoms with Crippen molar-refractivity contribution in [3.63, 3.8) is 0 Å². The third-order valence-corrected chi connectivity index (χ3v) is 6.49. The molecule has 1 fully saturated rings. The van der Waals surface area contributed by atoms with Crippen LogP contribution in [0.5, 0.6) is 0 Å². The zero-order valence-corrected chi connectivity index (χ0v) is 20.7. The molecule has 2 atom stereocenters. The van der Waals surface area contributed by atoms with Crippen molar-refractivity contribution in [1.29, 1.82) is 0 Å². The van der Waals surface area contributed by atoms with Crippen molar-refractivity contribution in [3.8, 4) is 11.4 Å². The Morgan fingerprint density at radius 3 is 2.66 bits per heavy atom. The highest BCUT2D eigenvalue weighted by molar-refractivity contribution is 5.89. The number of hydrogen-bond acceptors (Lipinski definition) is 7. The molecular formula is C25H35N7O3. The lowest BCUT2D eigenvalue weighted by atomic mass is 10.0. The molecule has 1 aromatic heterocycles. The third-order valence-electron chi connectivity index (χ3n) is 6.49. The molecule has 2 aliphatic rings. The number of carbonyl (C=O) groups is 2. The summed E-state index contributed by atoms with van der Waals surface area (Å²) in [5.41, 5.74) is 9.51. The average Bonchev–Trinajstić information content (AvgIpc) is 2.87. The van der Waals surface area contributed by atoms with Crippen LogP contribution in [0.3, 0.4) is 0 Å². The molecule has 1 aromatic carbocycles. The molecular weight excluding hydrogens is 446 g/mol. The van der Waals surface area contributed by atoms with Crippen LogP contribution in [0.15, 0.2) is 24.3 Å². The van der Waals surface area contributed by atoms with Crippen LogP contribution in [-0.2, 0) is 22.5 Å². The highest BCUT2D eigenvalue weighted by Gasteiger charge is 2.31. The maximum atomic E-state index is 12.8. The van der Waals surface area contributed by atoms with Gasteiger partial charge in [-0.1, -0.05) is 6.92 Å². The maximum Gasteiger partial charge on any atom is 0.319 e. The van der Waals surface area contributed by atoms with Gasteiger partial charge in [0.15, 0.2) is 5.82 Å². The summed E-state index contributed by atoms with van der Waals surface area (Å²) in [5, 5.41) is 5.52. The second-order valence-corrected chi connectivity index (χ2v) is 9.00. The Kier molecular flexibility index (Phi) is 7.82.